The molecular formula is C29H39N3O. The molecule has 0 saturated carbocycles. The summed E-state index contributed by atoms with van der Waals surface area (Å²) in [5, 5.41) is 1.41. The minimum Gasteiger partial charge on any atom is -0.488 e. The molecule has 1 atom stereocenters. The highest BCUT2D eigenvalue weighted by atomic mass is 16.5. The van der Waals surface area contributed by atoms with Gasteiger partial charge in [-0.25, -0.2) is 0 Å². The Bertz CT molecular complexity index is 1100. The van der Waals surface area contributed by atoms with Crippen LogP contribution >= 0.6 is 0 Å². The number of hydrogen-bond acceptors (Lipinski definition) is 3. The van der Waals surface area contributed by atoms with Crippen LogP contribution in [0, 0.1) is 5.41 Å². The summed E-state index contributed by atoms with van der Waals surface area (Å²) in [7, 11) is 2.24. The molecule has 5 rings (SSSR count). The molecule has 3 heterocycles. The van der Waals surface area contributed by atoms with Crippen LogP contribution in [0.4, 0.5) is 0 Å². The lowest BCUT2D eigenvalue weighted by molar-refractivity contribution is 0.0202. The zero-order valence-electron chi connectivity index (χ0n) is 21.0. The van der Waals surface area contributed by atoms with Gasteiger partial charge in [0.25, 0.3) is 0 Å². The number of nitrogens with zero attached hydrogens (tertiary/aromatic N) is 3. The van der Waals surface area contributed by atoms with E-state index in [9.17, 15) is 0 Å². The van der Waals surface area contributed by atoms with E-state index in [1.165, 1.54) is 40.7 Å². The molecule has 0 aliphatic carbocycles. The number of hydrogen-bond donors (Lipinski definition) is 0. The van der Waals surface area contributed by atoms with E-state index in [1.807, 2.05) is 0 Å². The average molecular weight is 446 g/mol. The fourth-order valence-electron chi connectivity index (χ4n) is 5.83. The number of ether oxygens (including phenoxy) is 1. The maximum Gasteiger partial charge on any atom is 0.124 e. The van der Waals surface area contributed by atoms with Gasteiger partial charge in [-0.05, 0) is 54.1 Å². The van der Waals surface area contributed by atoms with E-state index in [4.69, 9.17) is 4.74 Å². The summed E-state index contributed by atoms with van der Waals surface area (Å²) in [6.07, 6.45) is 2.66. The van der Waals surface area contributed by atoms with Crippen LogP contribution in [0.1, 0.15) is 57.0 Å². The Morgan fingerprint density at radius 1 is 1.00 bits per heavy atom. The third kappa shape index (κ3) is 4.43. The molecule has 0 unspecified atom stereocenters. The second-order valence-electron chi connectivity index (χ2n) is 11.2. The quantitative estimate of drug-likeness (QED) is 0.489. The highest BCUT2D eigenvalue weighted by Crippen LogP contribution is 2.41. The van der Waals surface area contributed by atoms with Gasteiger partial charge < -0.3 is 9.30 Å². The van der Waals surface area contributed by atoms with Crippen molar-refractivity contribution >= 4 is 10.9 Å². The summed E-state index contributed by atoms with van der Waals surface area (Å²) in [5.41, 5.74) is 5.92. The van der Waals surface area contributed by atoms with Crippen LogP contribution in [0.15, 0.2) is 48.5 Å². The van der Waals surface area contributed by atoms with E-state index in [0.717, 1.165) is 38.3 Å². The molecule has 0 radical (unpaired) electrons. The Labute approximate surface area is 199 Å². The van der Waals surface area contributed by atoms with Gasteiger partial charge in [0.2, 0.25) is 0 Å². The largest absolute Gasteiger partial charge is 0.488 e. The van der Waals surface area contributed by atoms with E-state index in [0.29, 0.717) is 6.10 Å². The zero-order valence-corrected chi connectivity index (χ0v) is 21.0. The normalized spacial score (nSPS) is 20.1. The highest BCUT2D eigenvalue weighted by molar-refractivity contribution is 5.86. The second-order valence-corrected chi connectivity index (χ2v) is 11.2. The molecule has 0 spiro atoms. The summed E-state index contributed by atoms with van der Waals surface area (Å²) in [6, 6.07) is 18.1. The Hall–Kier alpha value is -2.30. The van der Waals surface area contributed by atoms with Crippen molar-refractivity contribution in [2.75, 3.05) is 32.7 Å². The topological polar surface area (TPSA) is 20.6 Å². The molecule has 4 heteroatoms. The molecule has 1 aromatic heterocycles. The second kappa shape index (κ2) is 8.81. The minimum absolute atomic E-state index is 0.248. The first-order chi connectivity index (χ1) is 15.8. The summed E-state index contributed by atoms with van der Waals surface area (Å²) in [5.74, 6) is 0.996. The van der Waals surface area contributed by atoms with Gasteiger partial charge in [-0.1, -0.05) is 58.0 Å². The van der Waals surface area contributed by atoms with E-state index >= 15 is 0 Å². The van der Waals surface area contributed by atoms with Crippen LogP contribution in [0.3, 0.4) is 0 Å². The lowest BCUT2D eigenvalue weighted by Crippen LogP contribution is -2.53. The number of likely N-dealkylation sites (tertiary alicyclic amines) is 1. The van der Waals surface area contributed by atoms with Crippen molar-refractivity contribution in [3.8, 4) is 5.75 Å². The number of aromatic nitrogens is 1. The summed E-state index contributed by atoms with van der Waals surface area (Å²) < 4.78 is 8.69. The highest BCUT2D eigenvalue weighted by Gasteiger charge is 2.35. The molecule has 0 bridgehead atoms. The lowest BCUT2D eigenvalue weighted by atomic mass is 9.88. The summed E-state index contributed by atoms with van der Waals surface area (Å²) in [6.45, 7) is 14.7. The number of para-hydroxylation sites is 1. The predicted molar refractivity (Wildman–Crippen MR) is 137 cm³/mol. The predicted octanol–water partition coefficient (Wildman–Crippen LogP) is 5.64. The first-order valence-corrected chi connectivity index (χ1v) is 12.6. The molecule has 0 N–H and O–H groups in total. The van der Waals surface area contributed by atoms with E-state index < -0.39 is 0 Å². The molecule has 176 valence electrons. The van der Waals surface area contributed by atoms with Crippen molar-refractivity contribution in [3.05, 3.63) is 65.4 Å². The number of aryl methyl sites for hydroxylation is 1. The number of fused-ring (bicyclic) bond motifs is 3. The van der Waals surface area contributed by atoms with Crippen LogP contribution < -0.4 is 4.74 Å². The van der Waals surface area contributed by atoms with Crippen LogP contribution in [0.25, 0.3) is 10.9 Å². The zero-order chi connectivity index (χ0) is 23.2. The SMILES string of the molecule is CCCN1CC(Oc2ccc([C@@H]3c4c(c5ccccc5n4C)CCN3CC(C)(C)C)cc2)C1. The van der Waals surface area contributed by atoms with E-state index in [-0.39, 0.29) is 11.5 Å². The van der Waals surface area contributed by atoms with Crippen LogP contribution in [0.5, 0.6) is 5.75 Å². The van der Waals surface area contributed by atoms with Gasteiger partial charge in [0.1, 0.15) is 11.9 Å². The standard InChI is InChI=1S/C29H39N3O/c1-6-16-31-18-23(19-31)33-22-13-11-21(12-14-22)27-28-25(15-17-32(27)20-29(2,3)4)24-9-7-8-10-26(24)30(28)5/h7-14,23,27H,6,15-20H2,1-5H3/t27-/m1/s1. The van der Waals surface area contributed by atoms with Gasteiger partial charge in [-0.3, -0.25) is 9.80 Å². The van der Waals surface area contributed by atoms with Crippen molar-refractivity contribution in [2.24, 2.45) is 12.5 Å². The van der Waals surface area contributed by atoms with E-state index in [1.54, 1.807) is 0 Å². The third-order valence-electron chi connectivity index (χ3n) is 7.17. The van der Waals surface area contributed by atoms with E-state index in [2.05, 4.69) is 97.6 Å². The van der Waals surface area contributed by atoms with Crippen molar-refractivity contribution in [3.63, 3.8) is 0 Å². The molecular weight excluding hydrogens is 406 g/mol. The van der Waals surface area contributed by atoms with Crippen molar-refractivity contribution in [1.29, 1.82) is 0 Å². The minimum atomic E-state index is 0.248. The number of benzene rings is 2. The van der Waals surface area contributed by atoms with Gasteiger partial charge in [0.15, 0.2) is 0 Å². The van der Waals surface area contributed by atoms with Crippen LogP contribution in [0.2, 0.25) is 0 Å². The van der Waals surface area contributed by atoms with Crippen molar-refractivity contribution < 1.29 is 4.74 Å². The van der Waals surface area contributed by atoms with Crippen LogP contribution in [-0.2, 0) is 13.5 Å². The summed E-state index contributed by atoms with van der Waals surface area (Å²) in [4.78, 5) is 5.15. The fraction of sp³-hybridized carbons (Fsp3) is 0.517. The number of rotatable bonds is 6. The first-order valence-electron chi connectivity index (χ1n) is 12.6. The van der Waals surface area contributed by atoms with Crippen molar-refractivity contribution in [2.45, 2.75) is 52.7 Å². The van der Waals surface area contributed by atoms with Gasteiger partial charge in [-0.15, -0.1) is 0 Å². The smallest absolute Gasteiger partial charge is 0.124 e. The summed E-state index contributed by atoms with van der Waals surface area (Å²) >= 11 is 0. The molecule has 2 aliphatic rings. The molecule has 33 heavy (non-hydrogen) atoms. The Morgan fingerprint density at radius 2 is 1.73 bits per heavy atom. The molecule has 2 aromatic carbocycles. The third-order valence-corrected chi connectivity index (χ3v) is 7.17. The van der Waals surface area contributed by atoms with Gasteiger partial charge >= 0.3 is 0 Å². The monoisotopic (exact) mass is 445 g/mol. The molecule has 1 saturated heterocycles. The molecule has 1 fully saturated rings. The fourth-order valence-corrected chi connectivity index (χ4v) is 5.83. The van der Waals surface area contributed by atoms with Gasteiger partial charge in [-0.2, -0.15) is 0 Å². The van der Waals surface area contributed by atoms with Gasteiger partial charge in [0.05, 0.1) is 6.04 Å². The maximum absolute atomic E-state index is 6.26. The molecule has 3 aromatic rings. The van der Waals surface area contributed by atoms with Crippen LogP contribution in [-0.4, -0.2) is 53.2 Å². The van der Waals surface area contributed by atoms with Gasteiger partial charge in [0, 0.05) is 49.8 Å². The molecule has 2 aliphatic heterocycles. The molecule has 0 amide bonds. The Morgan fingerprint density at radius 3 is 2.42 bits per heavy atom. The Kier molecular flexibility index (Phi) is 6.00. The molecule has 4 nitrogen and oxygen atoms in total. The average Bonchev–Trinajstić information content (AvgIpc) is 3.04. The Balaban J connectivity index is 1.45. The lowest BCUT2D eigenvalue weighted by Gasteiger charge is -2.41. The maximum atomic E-state index is 6.26. The first kappa shape index (κ1) is 22.5. The van der Waals surface area contributed by atoms with Crippen molar-refractivity contribution in [1.82, 2.24) is 14.4 Å².